The summed E-state index contributed by atoms with van der Waals surface area (Å²) in [6.45, 7) is 5.88. The molecule has 0 amide bonds. The fraction of sp³-hybridized carbons (Fsp3) is 0.261. The lowest BCUT2D eigenvalue weighted by molar-refractivity contribution is 0.0517. The van der Waals surface area contributed by atoms with Gasteiger partial charge in [-0.3, -0.25) is 4.68 Å². The number of fused-ring (bicyclic) bond motifs is 1. The molecular weight excluding hydrogens is 416 g/mol. The second-order valence-electron chi connectivity index (χ2n) is 7.30. The molecule has 1 N–H and O–H groups in total. The number of hydrogen-bond donors (Lipinski definition) is 1. The Morgan fingerprint density at radius 3 is 2.68 bits per heavy atom. The highest BCUT2D eigenvalue weighted by Crippen LogP contribution is 2.33. The minimum Gasteiger partial charge on any atom is -0.461 e. The largest absolute Gasteiger partial charge is 0.461 e. The summed E-state index contributed by atoms with van der Waals surface area (Å²) in [5.41, 5.74) is 5.23. The van der Waals surface area contributed by atoms with Gasteiger partial charge in [0.25, 0.3) is 0 Å². The molecule has 0 saturated carbocycles. The Hall–Kier alpha value is -3.32. The predicted molar refractivity (Wildman–Crippen MR) is 120 cm³/mol. The summed E-state index contributed by atoms with van der Waals surface area (Å²) >= 11 is 6.12. The van der Waals surface area contributed by atoms with Gasteiger partial charge in [-0.15, -0.1) is 0 Å². The average Bonchev–Trinajstić information content (AvgIpc) is 3.27. The molecule has 2 aromatic heterocycles. The van der Waals surface area contributed by atoms with Gasteiger partial charge in [-0.05, 0) is 56.7 Å². The lowest BCUT2D eigenvalue weighted by atomic mass is 9.96. The van der Waals surface area contributed by atoms with Crippen molar-refractivity contribution in [2.75, 3.05) is 11.9 Å². The number of rotatable bonds is 6. The van der Waals surface area contributed by atoms with E-state index >= 15 is 0 Å². The highest BCUT2D eigenvalue weighted by atomic mass is 35.5. The molecule has 2 heterocycles. The van der Waals surface area contributed by atoms with Crippen LogP contribution < -0.4 is 5.32 Å². The van der Waals surface area contributed by atoms with Gasteiger partial charge in [0, 0.05) is 34.4 Å². The first kappa shape index (κ1) is 20.9. The van der Waals surface area contributed by atoms with Crippen LogP contribution in [-0.2, 0) is 11.8 Å². The SMILES string of the molecule is CCOC(=O)c1nn(C)c(C)c1C(Nc1ccc2onc(C)c2c1)c1ccc(Cl)cc1. The number of nitrogens with one attached hydrogen (secondary N) is 1. The summed E-state index contributed by atoms with van der Waals surface area (Å²) in [7, 11) is 1.81. The molecule has 4 aromatic rings. The lowest BCUT2D eigenvalue weighted by Crippen LogP contribution is -2.17. The molecule has 0 bridgehead atoms. The summed E-state index contributed by atoms with van der Waals surface area (Å²) < 4.78 is 12.3. The number of esters is 1. The molecule has 160 valence electrons. The van der Waals surface area contributed by atoms with Gasteiger partial charge in [0.15, 0.2) is 11.3 Å². The number of aromatic nitrogens is 3. The van der Waals surface area contributed by atoms with Crippen LogP contribution in [0.15, 0.2) is 47.0 Å². The van der Waals surface area contributed by atoms with E-state index in [0.29, 0.717) is 5.02 Å². The number of benzene rings is 2. The highest BCUT2D eigenvalue weighted by molar-refractivity contribution is 6.30. The second kappa shape index (κ2) is 8.43. The molecule has 4 rings (SSSR count). The van der Waals surface area contributed by atoms with Crippen molar-refractivity contribution in [3.8, 4) is 0 Å². The van der Waals surface area contributed by atoms with Crippen LogP contribution >= 0.6 is 11.6 Å². The summed E-state index contributed by atoms with van der Waals surface area (Å²) in [4.78, 5) is 12.7. The molecule has 0 aliphatic heterocycles. The van der Waals surface area contributed by atoms with Crippen molar-refractivity contribution < 1.29 is 14.1 Å². The van der Waals surface area contributed by atoms with E-state index in [4.69, 9.17) is 20.9 Å². The van der Waals surface area contributed by atoms with E-state index in [1.807, 2.05) is 63.4 Å². The van der Waals surface area contributed by atoms with Gasteiger partial charge in [0.2, 0.25) is 0 Å². The molecule has 0 saturated heterocycles. The predicted octanol–water partition coefficient (Wildman–Crippen LogP) is 5.21. The Morgan fingerprint density at radius 2 is 1.97 bits per heavy atom. The highest BCUT2D eigenvalue weighted by Gasteiger charge is 2.28. The van der Waals surface area contributed by atoms with Gasteiger partial charge in [-0.2, -0.15) is 5.10 Å². The molecular formula is C23H23ClN4O3. The van der Waals surface area contributed by atoms with Crippen LogP contribution in [0.25, 0.3) is 11.0 Å². The maximum Gasteiger partial charge on any atom is 0.359 e. The van der Waals surface area contributed by atoms with Gasteiger partial charge >= 0.3 is 5.97 Å². The van der Waals surface area contributed by atoms with Crippen LogP contribution in [0.2, 0.25) is 5.02 Å². The van der Waals surface area contributed by atoms with Crippen molar-refractivity contribution in [2.24, 2.45) is 7.05 Å². The maximum atomic E-state index is 12.7. The van der Waals surface area contributed by atoms with E-state index < -0.39 is 5.97 Å². The normalized spacial score (nSPS) is 12.2. The van der Waals surface area contributed by atoms with Gasteiger partial charge in [-0.25, -0.2) is 4.79 Å². The zero-order valence-electron chi connectivity index (χ0n) is 17.8. The summed E-state index contributed by atoms with van der Waals surface area (Å²) in [6, 6.07) is 12.9. The smallest absolute Gasteiger partial charge is 0.359 e. The number of carbonyl (C=O) groups excluding carboxylic acids is 1. The van der Waals surface area contributed by atoms with E-state index in [-0.39, 0.29) is 18.3 Å². The number of hydrogen-bond acceptors (Lipinski definition) is 6. The first-order chi connectivity index (χ1) is 14.9. The van der Waals surface area contributed by atoms with Gasteiger partial charge < -0.3 is 14.6 Å². The number of carbonyl (C=O) groups is 1. The fourth-order valence-corrected chi connectivity index (χ4v) is 3.74. The van der Waals surface area contributed by atoms with E-state index in [1.54, 1.807) is 11.6 Å². The van der Waals surface area contributed by atoms with Crippen LogP contribution in [0, 0.1) is 13.8 Å². The number of nitrogens with zero attached hydrogens (tertiary/aromatic N) is 3. The Morgan fingerprint density at radius 1 is 1.23 bits per heavy atom. The molecule has 31 heavy (non-hydrogen) atoms. The number of aryl methyl sites for hydroxylation is 2. The maximum absolute atomic E-state index is 12.7. The van der Waals surface area contributed by atoms with Gasteiger partial charge in [0.1, 0.15) is 0 Å². The Balaban J connectivity index is 1.84. The van der Waals surface area contributed by atoms with Crippen molar-refractivity contribution in [3.63, 3.8) is 0 Å². The van der Waals surface area contributed by atoms with Crippen molar-refractivity contribution in [1.29, 1.82) is 0 Å². The topological polar surface area (TPSA) is 82.2 Å². The third-order valence-electron chi connectivity index (χ3n) is 5.30. The molecule has 0 aliphatic rings. The summed E-state index contributed by atoms with van der Waals surface area (Å²) in [5, 5.41) is 13.6. The number of halogens is 1. The number of ether oxygens (including phenoxy) is 1. The molecule has 1 atom stereocenters. The second-order valence-corrected chi connectivity index (χ2v) is 7.74. The lowest BCUT2D eigenvalue weighted by Gasteiger charge is -2.22. The Kier molecular flexibility index (Phi) is 5.69. The van der Waals surface area contributed by atoms with E-state index in [2.05, 4.69) is 15.6 Å². The minimum atomic E-state index is -0.452. The fourth-order valence-electron chi connectivity index (χ4n) is 3.61. The monoisotopic (exact) mass is 438 g/mol. The number of anilines is 1. The van der Waals surface area contributed by atoms with Crippen molar-refractivity contribution >= 4 is 34.2 Å². The molecule has 2 aromatic carbocycles. The first-order valence-electron chi connectivity index (χ1n) is 9.97. The van der Waals surface area contributed by atoms with E-state index in [0.717, 1.165) is 39.2 Å². The quantitative estimate of drug-likeness (QED) is 0.416. The molecule has 0 radical (unpaired) electrons. The van der Waals surface area contributed by atoms with Crippen molar-refractivity contribution in [2.45, 2.75) is 26.8 Å². The molecule has 0 aliphatic carbocycles. The minimum absolute atomic E-state index is 0.274. The molecule has 7 nitrogen and oxygen atoms in total. The molecule has 1 unspecified atom stereocenters. The zero-order chi connectivity index (χ0) is 22.1. The molecule has 8 heteroatoms. The van der Waals surface area contributed by atoms with E-state index in [1.165, 1.54) is 0 Å². The van der Waals surface area contributed by atoms with Crippen LogP contribution in [0.4, 0.5) is 5.69 Å². The van der Waals surface area contributed by atoms with Crippen LogP contribution in [-0.4, -0.2) is 27.5 Å². The van der Waals surface area contributed by atoms with Crippen molar-refractivity contribution in [1.82, 2.24) is 14.9 Å². The van der Waals surface area contributed by atoms with Crippen LogP contribution in [0.3, 0.4) is 0 Å². The first-order valence-corrected chi connectivity index (χ1v) is 10.4. The molecule has 0 fully saturated rings. The standard InChI is InChI=1S/C23H23ClN4O3/c1-5-30-23(29)22-20(14(3)28(4)26-22)21(15-6-8-16(24)9-7-15)25-17-10-11-19-18(12-17)13(2)27-31-19/h6-12,21,25H,5H2,1-4H3. The molecule has 0 spiro atoms. The third-order valence-corrected chi connectivity index (χ3v) is 5.55. The zero-order valence-corrected chi connectivity index (χ0v) is 18.5. The average molecular weight is 439 g/mol. The van der Waals surface area contributed by atoms with Crippen molar-refractivity contribution in [3.05, 3.63) is 75.7 Å². The van der Waals surface area contributed by atoms with Gasteiger partial charge in [0.05, 0.1) is 18.3 Å². The van der Waals surface area contributed by atoms with Crippen LogP contribution in [0.5, 0.6) is 0 Å². The third kappa shape index (κ3) is 4.01. The van der Waals surface area contributed by atoms with Gasteiger partial charge in [-0.1, -0.05) is 28.9 Å². The summed E-state index contributed by atoms with van der Waals surface area (Å²) in [6.07, 6.45) is 0. The Labute approximate surface area is 184 Å². The van der Waals surface area contributed by atoms with Crippen LogP contribution in [0.1, 0.15) is 46.0 Å². The van der Waals surface area contributed by atoms with E-state index in [9.17, 15) is 4.79 Å². The Bertz CT molecular complexity index is 1240. The summed E-state index contributed by atoms with van der Waals surface area (Å²) in [5.74, 6) is -0.452.